The monoisotopic (exact) mass is 314 g/mol. The molecule has 2 aromatic carbocycles. The largest absolute Gasteiger partial charge is 0.341 e. The number of anilines is 2. The van der Waals surface area contributed by atoms with Crippen LogP contribution in [0.1, 0.15) is 10.4 Å². The van der Waals surface area contributed by atoms with Crippen molar-refractivity contribution in [2.24, 2.45) is 0 Å². The van der Waals surface area contributed by atoms with E-state index in [1.165, 1.54) is 0 Å². The number of nitrogens with one attached hydrogen (secondary N) is 2. The molecule has 0 atom stereocenters. The summed E-state index contributed by atoms with van der Waals surface area (Å²) < 4.78 is 0.987. The molecule has 0 unspecified atom stereocenters. The summed E-state index contributed by atoms with van der Waals surface area (Å²) in [5, 5.41) is 4.16. The fourth-order valence-corrected chi connectivity index (χ4v) is 2.49. The zero-order valence-electron chi connectivity index (χ0n) is 9.98. The minimum Gasteiger partial charge on any atom is -0.341 e. The number of fused-ring (bicyclic) bond motifs is 1. The summed E-state index contributed by atoms with van der Waals surface area (Å²) in [5.41, 5.74) is 2.52. The maximum Gasteiger partial charge on any atom is 0.154 e. The Kier molecular flexibility index (Phi) is 3.09. The predicted molar refractivity (Wildman–Crippen MR) is 81.1 cm³/mol. The van der Waals surface area contributed by atoms with Crippen molar-refractivity contribution in [3.63, 3.8) is 0 Å². The second-order valence-corrected chi connectivity index (χ2v) is 5.13. The first-order valence-electron chi connectivity index (χ1n) is 5.86. The Bertz CT molecular complexity index is 749. The SMILES string of the molecule is O=Cc1c(Nc2cccc(Br)c2)[nH]c2ccccc12. The number of aromatic amines is 1. The van der Waals surface area contributed by atoms with Gasteiger partial charge in [0.1, 0.15) is 5.82 Å². The molecule has 0 aliphatic carbocycles. The van der Waals surface area contributed by atoms with Gasteiger partial charge in [-0.3, -0.25) is 4.79 Å². The fraction of sp³-hybridized carbons (Fsp3) is 0. The first kappa shape index (κ1) is 12.0. The highest BCUT2D eigenvalue weighted by molar-refractivity contribution is 9.10. The lowest BCUT2D eigenvalue weighted by atomic mass is 10.2. The van der Waals surface area contributed by atoms with E-state index in [0.29, 0.717) is 11.4 Å². The summed E-state index contributed by atoms with van der Waals surface area (Å²) in [5.74, 6) is 0.717. The number of benzene rings is 2. The number of aromatic nitrogens is 1. The average Bonchev–Trinajstić information content (AvgIpc) is 2.75. The lowest BCUT2D eigenvalue weighted by Gasteiger charge is -2.05. The Morgan fingerprint density at radius 2 is 1.95 bits per heavy atom. The van der Waals surface area contributed by atoms with Crippen molar-refractivity contribution in [1.82, 2.24) is 4.98 Å². The summed E-state index contributed by atoms with van der Waals surface area (Å²) in [6.07, 6.45) is 0.874. The normalized spacial score (nSPS) is 10.6. The number of para-hydroxylation sites is 1. The molecule has 0 aliphatic heterocycles. The van der Waals surface area contributed by atoms with Gasteiger partial charge in [0.15, 0.2) is 6.29 Å². The standard InChI is InChI=1S/C15H11BrN2O/c16-10-4-3-5-11(8-10)17-15-13(9-19)12-6-1-2-7-14(12)18-15/h1-9,17-18H. The summed E-state index contributed by atoms with van der Waals surface area (Å²) in [6.45, 7) is 0. The molecule has 3 rings (SSSR count). The van der Waals surface area contributed by atoms with Crippen molar-refractivity contribution in [2.45, 2.75) is 0 Å². The molecule has 0 saturated heterocycles. The lowest BCUT2D eigenvalue weighted by Crippen LogP contribution is -1.93. The van der Waals surface area contributed by atoms with Gasteiger partial charge >= 0.3 is 0 Å². The van der Waals surface area contributed by atoms with Gasteiger partial charge in [0.25, 0.3) is 0 Å². The van der Waals surface area contributed by atoms with Gasteiger partial charge in [-0.25, -0.2) is 0 Å². The summed E-state index contributed by atoms with van der Waals surface area (Å²) >= 11 is 3.43. The Labute approximate surface area is 118 Å². The quantitative estimate of drug-likeness (QED) is 0.700. The lowest BCUT2D eigenvalue weighted by molar-refractivity contribution is 0.112. The maximum absolute atomic E-state index is 11.3. The summed E-state index contributed by atoms with van der Waals surface area (Å²) in [4.78, 5) is 14.5. The molecule has 2 N–H and O–H groups in total. The van der Waals surface area contributed by atoms with Crippen molar-refractivity contribution in [3.8, 4) is 0 Å². The Hall–Kier alpha value is -2.07. The van der Waals surface area contributed by atoms with Crippen LogP contribution in [0, 0.1) is 0 Å². The van der Waals surface area contributed by atoms with Crippen LogP contribution in [0.25, 0.3) is 10.9 Å². The van der Waals surface area contributed by atoms with E-state index in [-0.39, 0.29) is 0 Å². The molecule has 0 amide bonds. The molecule has 94 valence electrons. The van der Waals surface area contributed by atoms with E-state index in [0.717, 1.165) is 27.3 Å². The molecule has 0 spiro atoms. The second kappa shape index (κ2) is 4.90. The third kappa shape index (κ3) is 2.27. The topological polar surface area (TPSA) is 44.9 Å². The molecule has 1 aromatic heterocycles. The van der Waals surface area contributed by atoms with Crippen LogP contribution >= 0.6 is 15.9 Å². The van der Waals surface area contributed by atoms with Crippen molar-refractivity contribution in [3.05, 3.63) is 58.6 Å². The van der Waals surface area contributed by atoms with Gasteiger partial charge in [0.05, 0.1) is 5.56 Å². The maximum atomic E-state index is 11.3. The number of hydrogen-bond acceptors (Lipinski definition) is 2. The van der Waals surface area contributed by atoms with E-state index >= 15 is 0 Å². The van der Waals surface area contributed by atoms with E-state index in [9.17, 15) is 4.79 Å². The predicted octanol–water partition coefficient (Wildman–Crippen LogP) is 4.49. The van der Waals surface area contributed by atoms with Crippen LogP contribution in [0.4, 0.5) is 11.5 Å². The third-order valence-corrected chi connectivity index (χ3v) is 3.45. The summed E-state index contributed by atoms with van der Waals surface area (Å²) in [7, 11) is 0. The Morgan fingerprint density at radius 1 is 1.11 bits per heavy atom. The van der Waals surface area contributed by atoms with Crippen molar-refractivity contribution in [2.75, 3.05) is 5.32 Å². The van der Waals surface area contributed by atoms with Crippen LogP contribution in [0.5, 0.6) is 0 Å². The Morgan fingerprint density at radius 3 is 2.74 bits per heavy atom. The summed E-state index contributed by atoms with van der Waals surface area (Å²) in [6, 6.07) is 15.6. The van der Waals surface area contributed by atoms with Gasteiger partial charge in [0, 0.05) is 21.1 Å². The number of hydrogen-bond donors (Lipinski definition) is 2. The molecular weight excluding hydrogens is 304 g/mol. The van der Waals surface area contributed by atoms with Gasteiger partial charge in [-0.1, -0.05) is 40.2 Å². The molecule has 0 saturated carbocycles. The second-order valence-electron chi connectivity index (χ2n) is 4.21. The Balaban J connectivity index is 2.07. The molecular formula is C15H11BrN2O. The van der Waals surface area contributed by atoms with E-state index in [1.54, 1.807) is 0 Å². The zero-order valence-corrected chi connectivity index (χ0v) is 11.6. The highest BCUT2D eigenvalue weighted by Gasteiger charge is 2.10. The minimum atomic E-state index is 0.649. The molecule has 19 heavy (non-hydrogen) atoms. The van der Waals surface area contributed by atoms with Gasteiger partial charge in [-0.15, -0.1) is 0 Å². The molecule has 0 radical (unpaired) electrons. The van der Waals surface area contributed by atoms with Gasteiger partial charge in [-0.2, -0.15) is 0 Å². The average molecular weight is 315 g/mol. The van der Waals surface area contributed by atoms with Crippen molar-refractivity contribution >= 4 is 44.6 Å². The van der Waals surface area contributed by atoms with Crippen molar-refractivity contribution < 1.29 is 4.79 Å². The number of rotatable bonds is 3. The molecule has 0 fully saturated rings. The zero-order chi connectivity index (χ0) is 13.2. The van der Waals surface area contributed by atoms with E-state index in [1.807, 2.05) is 48.5 Å². The van der Waals surface area contributed by atoms with E-state index in [2.05, 4.69) is 26.2 Å². The fourth-order valence-electron chi connectivity index (χ4n) is 2.10. The highest BCUT2D eigenvalue weighted by atomic mass is 79.9. The molecule has 0 bridgehead atoms. The van der Waals surface area contributed by atoms with Crippen LogP contribution in [-0.4, -0.2) is 11.3 Å². The molecule has 3 aromatic rings. The van der Waals surface area contributed by atoms with Gasteiger partial charge in [-0.05, 0) is 24.3 Å². The molecule has 3 nitrogen and oxygen atoms in total. The van der Waals surface area contributed by atoms with Crippen LogP contribution in [0.2, 0.25) is 0 Å². The van der Waals surface area contributed by atoms with E-state index in [4.69, 9.17) is 0 Å². The van der Waals surface area contributed by atoms with Crippen molar-refractivity contribution in [1.29, 1.82) is 0 Å². The number of carbonyl (C=O) groups is 1. The number of aldehydes is 1. The number of halogens is 1. The van der Waals surface area contributed by atoms with Crippen LogP contribution in [-0.2, 0) is 0 Å². The minimum absolute atomic E-state index is 0.649. The van der Waals surface area contributed by atoms with E-state index < -0.39 is 0 Å². The van der Waals surface area contributed by atoms with Crippen LogP contribution in [0.15, 0.2) is 53.0 Å². The third-order valence-electron chi connectivity index (χ3n) is 2.96. The number of carbonyl (C=O) groups excluding carboxylic acids is 1. The highest BCUT2D eigenvalue weighted by Crippen LogP contribution is 2.27. The first-order chi connectivity index (χ1) is 9.28. The molecule has 1 heterocycles. The molecule has 4 heteroatoms. The number of H-pyrrole nitrogens is 1. The molecule has 0 aliphatic rings. The van der Waals surface area contributed by atoms with Gasteiger partial charge < -0.3 is 10.3 Å². The van der Waals surface area contributed by atoms with Crippen LogP contribution < -0.4 is 5.32 Å². The smallest absolute Gasteiger partial charge is 0.154 e. The first-order valence-corrected chi connectivity index (χ1v) is 6.66. The van der Waals surface area contributed by atoms with Gasteiger partial charge in [0.2, 0.25) is 0 Å². The van der Waals surface area contributed by atoms with Crippen LogP contribution in [0.3, 0.4) is 0 Å².